The molecule has 27 heavy (non-hydrogen) atoms. The third kappa shape index (κ3) is 6.46. The summed E-state index contributed by atoms with van der Waals surface area (Å²) >= 11 is 0. The Morgan fingerprint density at radius 2 is 2.26 bits per heavy atom. The molecule has 0 saturated carbocycles. The SMILES string of the molecule is CCCCCC(CN(O)C=O)C(=O)NNCc1cc(F)cc2c1OCOC2. The third-order valence-corrected chi connectivity index (χ3v) is 4.30. The number of nitrogens with zero attached hydrogens (tertiary/aromatic N) is 1. The molecule has 1 unspecified atom stereocenters. The first-order chi connectivity index (χ1) is 13.0. The summed E-state index contributed by atoms with van der Waals surface area (Å²) in [5.74, 6) is -0.761. The van der Waals surface area contributed by atoms with Gasteiger partial charge in [0.25, 0.3) is 0 Å². The molecule has 0 saturated heterocycles. The minimum absolute atomic E-state index is 0.0868. The van der Waals surface area contributed by atoms with E-state index < -0.39 is 11.7 Å². The molecule has 0 bridgehead atoms. The number of nitrogens with one attached hydrogen (secondary N) is 2. The normalized spacial score (nSPS) is 14.0. The number of benzene rings is 1. The maximum atomic E-state index is 13.7. The number of hydrogen-bond donors (Lipinski definition) is 3. The predicted molar refractivity (Wildman–Crippen MR) is 93.9 cm³/mol. The molecule has 0 spiro atoms. The van der Waals surface area contributed by atoms with Crippen LogP contribution in [0.5, 0.6) is 5.75 Å². The Kier molecular flexibility index (Phi) is 8.43. The Morgan fingerprint density at radius 3 is 3.00 bits per heavy atom. The van der Waals surface area contributed by atoms with Crippen molar-refractivity contribution in [1.82, 2.24) is 15.9 Å². The standard InChI is InChI=1S/C18H26FN3O5/c1-2-3-4-5-13(9-22(25)11-23)18(24)21-20-8-14-6-16(19)7-15-10-26-12-27-17(14)15/h6-7,11,13,20,25H,2-5,8-10,12H2,1H3,(H,21,24). The number of rotatable bonds is 11. The highest BCUT2D eigenvalue weighted by Crippen LogP contribution is 2.29. The smallest absolute Gasteiger partial charge is 0.239 e. The molecule has 1 aliphatic heterocycles. The highest BCUT2D eigenvalue weighted by atomic mass is 19.1. The largest absolute Gasteiger partial charge is 0.467 e. The van der Waals surface area contributed by atoms with Gasteiger partial charge >= 0.3 is 0 Å². The van der Waals surface area contributed by atoms with Gasteiger partial charge < -0.3 is 9.47 Å². The van der Waals surface area contributed by atoms with Gasteiger partial charge in [-0.25, -0.2) is 14.9 Å². The lowest BCUT2D eigenvalue weighted by atomic mass is 10.0. The van der Waals surface area contributed by atoms with Crippen LogP contribution in [-0.4, -0.2) is 35.9 Å². The number of carbonyl (C=O) groups excluding carboxylic acids is 2. The Bertz CT molecular complexity index is 644. The summed E-state index contributed by atoms with van der Waals surface area (Å²) in [6, 6.07) is 2.69. The lowest BCUT2D eigenvalue weighted by Gasteiger charge is -2.22. The third-order valence-electron chi connectivity index (χ3n) is 4.30. The average Bonchev–Trinajstić information content (AvgIpc) is 2.66. The van der Waals surface area contributed by atoms with E-state index in [4.69, 9.17) is 9.47 Å². The number of fused-ring (bicyclic) bond motifs is 1. The van der Waals surface area contributed by atoms with Crippen LogP contribution in [0, 0.1) is 11.7 Å². The summed E-state index contributed by atoms with van der Waals surface area (Å²) in [4.78, 5) is 23.0. The number of halogens is 1. The van der Waals surface area contributed by atoms with Crippen LogP contribution in [0.15, 0.2) is 12.1 Å². The zero-order valence-electron chi connectivity index (χ0n) is 15.4. The topological polar surface area (TPSA) is 100 Å². The summed E-state index contributed by atoms with van der Waals surface area (Å²) in [5, 5.41) is 9.86. The molecule has 8 nitrogen and oxygen atoms in total. The molecule has 2 rings (SSSR count). The van der Waals surface area contributed by atoms with Crippen molar-refractivity contribution in [3.8, 4) is 5.75 Å². The maximum Gasteiger partial charge on any atom is 0.239 e. The van der Waals surface area contributed by atoms with E-state index in [9.17, 15) is 19.2 Å². The van der Waals surface area contributed by atoms with Crippen LogP contribution in [0.2, 0.25) is 0 Å². The number of hydroxylamine groups is 2. The van der Waals surface area contributed by atoms with Crippen LogP contribution >= 0.6 is 0 Å². The van der Waals surface area contributed by atoms with Crippen molar-refractivity contribution in [2.24, 2.45) is 5.92 Å². The van der Waals surface area contributed by atoms with E-state index in [2.05, 4.69) is 10.9 Å². The first kappa shape index (κ1) is 21.1. The number of unbranched alkanes of at least 4 members (excludes halogenated alkanes) is 2. The van der Waals surface area contributed by atoms with E-state index in [-0.39, 0.29) is 38.8 Å². The predicted octanol–water partition coefficient (Wildman–Crippen LogP) is 1.86. The van der Waals surface area contributed by atoms with E-state index in [1.807, 2.05) is 6.92 Å². The van der Waals surface area contributed by atoms with Gasteiger partial charge in [0.1, 0.15) is 11.6 Å². The lowest BCUT2D eigenvalue weighted by Crippen LogP contribution is -2.44. The van der Waals surface area contributed by atoms with Gasteiger partial charge in [0.05, 0.1) is 19.1 Å². The second-order valence-corrected chi connectivity index (χ2v) is 6.43. The van der Waals surface area contributed by atoms with Crippen LogP contribution < -0.4 is 15.6 Å². The first-order valence-electron chi connectivity index (χ1n) is 9.00. The van der Waals surface area contributed by atoms with Crippen molar-refractivity contribution in [3.63, 3.8) is 0 Å². The minimum atomic E-state index is -0.551. The molecule has 3 N–H and O–H groups in total. The highest BCUT2D eigenvalue weighted by molar-refractivity contribution is 5.78. The molecule has 1 aromatic carbocycles. The molecule has 9 heteroatoms. The molecule has 0 aliphatic carbocycles. The van der Waals surface area contributed by atoms with Crippen molar-refractivity contribution in [2.75, 3.05) is 13.3 Å². The second-order valence-electron chi connectivity index (χ2n) is 6.43. The Balaban J connectivity index is 1.92. The van der Waals surface area contributed by atoms with Crippen LogP contribution in [0.4, 0.5) is 4.39 Å². The van der Waals surface area contributed by atoms with E-state index in [1.54, 1.807) is 0 Å². The summed E-state index contributed by atoms with van der Waals surface area (Å²) < 4.78 is 24.3. The zero-order valence-corrected chi connectivity index (χ0v) is 15.4. The van der Waals surface area contributed by atoms with Crippen LogP contribution in [0.1, 0.15) is 43.7 Å². The van der Waals surface area contributed by atoms with Crippen LogP contribution in [0.3, 0.4) is 0 Å². The first-order valence-corrected chi connectivity index (χ1v) is 9.00. The van der Waals surface area contributed by atoms with Crippen molar-refractivity contribution in [2.45, 2.75) is 45.8 Å². The van der Waals surface area contributed by atoms with Gasteiger partial charge in [-0.15, -0.1) is 0 Å². The molecule has 1 aliphatic rings. The number of ether oxygens (including phenoxy) is 2. The van der Waals surface area contributed by atoms with Gasteiger partial charge in [-0.3, -0.25) is 20.2 Å². The summed E-state index contributed by atoms with van der Waals surface area (Å²) in [6.07, 6.45) is 3.58. The maximum absolute atomic E-state index is 13.7. The molecule has 0 radical (unpaired) electrons. The summed E-state index contributed by atoms with van der Waals surface area (Å²) in [6.45, 7) is 2.48. The Morgan fingerprint density at radius 1 is 1.44 bits per heavy atom. The number of hydrogen-bond acceptors (Lipinski definition) is 6. The molecular formula is C18H26FN3O5. The Labute approximate surface area is 157 Å². The second kappa shape index (κ2) is 10.8. The number of carbonyl (C=O) groups is 2. The van der Waals surface area contributed by atoms with Crippen molar-refractivity contribution in [3.05, 3.63) is 29.1 Å². The van der Waals surface area contributed by atoms with Gasteiger partial charge in [0.15, 0.2) is 6.79 Å². The van der Waals surface area contributed by atoms with Gasteiger partial charge in [0.2, 0.25) is 12.3 Å². The summed E-state index contributed by atoms with van der Waals surface area (Å²) in [7, 11) is 0. The zero-order chi connectivity index (χ0) is 19.6. The van der Waals surface area contributed by atoms with Crippen molar-refractivity contribution in [1.29, 1.82) is 0 Å². The molecule has 150 valence electrons. The molecule has 1 aromatic rings. The number of hydrazine groups is 1. The van der Waals surface area contributed by atoms with Gasteiger partial charge in [-0.2, -0.15) is 0 Å². The molecule has 1 atom stereocenters. The van der Waals surface area contributed by atoms with E-state index in [1.165, 1.54) is 12.1 Å². The van der Waals surface area contributed by atoms with E-state index in [0.717, 1.165) is 19.3 Å². The van der Waals surface area contributed by atoms with Crippen LogP contribution in [-0.2, 0) is 27.5 Å². The molecule has 1 heterocycles. The van der Waals surface area contributed by atoms with Gasteiger partial charge in [0, 0.05) is 17.7 Å². The van der Waals surface area contributed by atoms with E-state index >= 15 is 0 Å². The molecule has 0 aromatic heterocycles. The fraction of sp³-hybridized carbons (Fsp3) is 0.556. The quantitative estimate of drug-likeness (QED) is 0.233. The molecule has 2 amide bonds. The fourth-order valence-corrected chi connectivity index (χ4v) is 2.93. The minimum Gasteiger partial charge on any atom is -0.467 e. The Hall–Kier alpha value is -2.23. The fourth-order valence-electron chi connectivity index (χ4n) is 2.93. The monoisotopic (exact) mass is 383 g/mol. The van der Waals surface area contributed by atoms with Gasteiger partial charge in [-0.1, -0.05) is 26.2 Å². The average molecular weight is 383 g/mol. The van der Waals surface area contributed by atoms with Crippen molar-refractivity contribution >= 4 is 12.3 Å². The van der Waals surface area contributed by atoms with Gasteiger partial charge in [-0.05, 0) is 18.6 Å². The number of amides is 2. The van der Waals surface area contributed by atoms with Crippen LogP contribution in [0.25, 0.3) is 0 Å². The summed E-state index contributed by atoms with van der Waals surface area (Å²) in [5.41, 5.74) is 6.50. The highest BCUT2D eigenvalue weighted by Gasteiger charge is 2.21. The van der Waals surface area contributed by atoms with Crippen molar-refractivity contribution < 1.29 is 28.7 Å². The lowest BCUT2D eigenvalue weighted by molar-refractivity contribution is -0.154. The molecular weight excluding hydrogens is 357 g/mol. The van der Waals surface area contributed by atoms with E-state index in [0.29, 0.717) is 28.4 Å². The molecule has 0 fully saturated rings.